The molecule has 0 bridgehead atoms. The van der Waals surface area contributed by atoms with Crippen molar-refractivity contribution in [3.05, 3.63) is 64.7 Å². The van der Waals surface area contributed by atoms with Crippen molar-refractivity contribution in [2.45, 2.75) is 33.7 Å². The van der Waals surface area contributed by atoms with Gasteiger partial charge in [-0.15, -0.1) is 0 Å². The molecule has 5 nitrogen and oxygen atoms in total. The first-order chi connectivity index (χ1) is 12.9. The lowest BCUT2D eigenvalue weighted by Gasteiger charge is -2.23. The summed E-state index contributed by atoms with van der Waals surface area (Å²) >= 11 is 0. The lowest BCUT2D eigenvalue weighted by Crippen LogP contribution is -2.33. The molecule has 0 atom stereocenters. The minimum Gasteiger partial charge on any atom is -0.497 e. The van der Waals surface area contributed by atoms with Crippen LogP contribution in [0.3, 0.4) is 0 Å². The lowest BCUT2D eigenvalue weighted by molar-refractivity contribution is -0.143. The van der Waals surface area contributed by atoms with Crippen LogP contribution in [0.4, 0.5) is 0 Å². The molecule has 0 fully saturated rings. The molecule has 0 saturated heterocycles. The Hall–Kier alpha value is -2.82. The van der Waals surface area contributed by atoms with E-state index in [4.69, 9.17) is 9.47 Å². The van der Waals surface area contributed by atoms with Gasteiger partial charge < -0.3 is 14.4 Å². The number of aryl methyl sites for hydroxylation is 2. The Balaban J connectivity index is 2.19. The Morgan fingerprint density at radius 3 is 2.30 bits per heavy atom. The Morgan fingerprint density at radius 2 is 1.70 bits per heavy atom. The number of carbonyl (C=O) groups excluding carboxylic acids is 2. The Kier molecular flexibility index (Phi) is 7.41. The van der Waals surface area contributed by atoms with Crippen molar-refractivity contribution in [3.63, 3.8) is 0 Å². The van der Waals surface area contributed by atoms with Gasteiger partial charge in [0.15, 0.2) is 0 Å². The summed E-state index contributed by atoms with van der Waals surface area (Å²) < 4.78 is 10.2. The highest BCUT2D eigenvalue weighted by Gasteiger charge is 2.18. The van der Waals surface area contributed by atoms with Crippen molar-refractivity contribution >= 4 is 11.9 Å². The van der Waals surface area contributed by atoms with Gasteiger partial charge in [-0.25, -0.2) is 0 Å². The van der Waals surface area contributed by atoms with E-state index in [-0.39, 0.29) is 18.3 Å². The Morgan fingerprint density at radius 1 is 1.00 bits per heavy atom. The van der Waals surface area contributed by atoms with Crippen molar-refractivity contribution in [3.8, 4) is 5.75 Å². The van der Waals surface area contributed by atoms with Gasteiger partial charge in [0.25, 0.3) is 5.91 Å². The predicted octanol–water partition coefficient (Wildman–Crippen LogP) is 3.91. The van der Waals surface area contributed by atoms with Gasteiger partial charge in [0, 0.05) is 18.7 Å². The highest BCUT2D eigenvalue weighted by atomic mass is 16.5. The highest BCUT2D eigenvalue weighted by molar-refractivity contribution is 5.94. The zero-order valence-corrected chi connectivity index (χ0v) is 16.5. The van der Waals surface area contributed by atoms with Crippen molar-refractivity contribution in [1.29, 1.82) is 0 Å². The second-order valence-electron chi connectivity index (χ2n) is 6.43. The Bertz CT molecular complexity index is 783. The van der Waals surface area contributed by atoms with Crippen LogP contribution in [-0.2, 0) is 16.1 Å². The predicted molar refractivity (Wildman–Crippen MR) is 105 cm³/mol. The van der Waals surface area contributed by atoms with Gasteiger partial charge in [0.2, 0.25) is 0 Å². The minimum atomic E-state index is -0.301. The first-order valence-corrected chi connectivity index (χ1v) is 9.09. The summed E-state index contributed by atoms with van der Waals surface area (Å²) in [5.41, 5.74) is 3.79. The summed E-state index contributed by atoms with van der Waals surface area (Å²) in [6.45, 7) is 6.82. The van der Waals surface area contributed by atoms with E-state index in [9.17, 15) is 9.59 Å². The monoisotopic (exact) mass is 369 g/mol. The molecule has 2 aromatic rings. The van der Waals surface area contributed by atoms with E-state index in [1.807, 2.05) is 56.3 Å². The molecule has 5 heteroatoms. The molecule has 0 saturated carbocycles. The van der Waals surface area contributed by atoms with Crippen LogP contribution in [0.2, 0.25) is 0 Å². The van der Waals surface area contributed by atoms with Crippen LogP contribution in [0.25, 0.3) is 0 Å². The standard InChI is InChI=1S/C22H27NO4/c1-5-27-21(24)12-13-23(15-18-7-10-20(26-4)11-8-18)22(25)19-9-6-16(2)17(3)14-19/h6-11,14H,5,12-13,15H2,1-4H3. The molecule has 2 aromatic carbocycles. The second-order valence-corrected chi connectivity index (χ2v) is 6.43. The first kappa shape index (κ1) is 20.5. The molecule has 27 heavy (non-hydrogen) atoms. The topological polar surface area (TPSA) is 55.8 Å². The number of methoxy groups -OCH3 is 1. The molecule has 2 rings (SSSR count). The van der Waals surface area contributed by atoms with Gasteiger partial charge in [0.05, 0.1) is 20.1 Å². The molecule has 0 spiro atoms. The maximum absolute atomic E-state index is 13.1. The zero-order valence-electron chi connectivity index (χ0n) is 16.5. The van der Waals surface area contributed by atoms with Crippen LogP contribution >= 0.6 is 0 Å². The first-order valence-electron chi connectivity index (χ1n) is 9.09. The number of ether oxygens (including phenoxy) is 2. The zero-order chi connectivity index (χ0) is 19.8. The van der Waals surface area contributed by atoms with E-state index in [0.29, 0.717) is 25.3 Å². The molecule has 0 aliphatic carbocycles. The molecule has 0 aliphatic heterocycles. The summed E-state index contributed by atoms with van der Waals surface area (Å²) in [5, 5.41) is 0. The van der Waals surface area contributed by atoms with Gasteiger partial charge in [-0.2, -0.15) is 0 Å². The van der Waals surface area contributed by atoms with E-state index in [1.54, 1.807) is 18.9 Å². The number of carbonyl (C=O) groups is 2. The maximum atomic E-state index is 13.1. The number of benzene rings is 2. The third-order valence-corrected chi connectivity index (χ3v) is 4.46. The van der Waals surface area contributed by atoms with Gasteiger partial charge in [-0.3, -0.25) is 9.59 Å². The SMILES string of the molecule is CCOC(=O)CCN(Cc1ccc(OC)cc1)C(=O)c1ccc(C)c(C)c1. The molecule has 0 aromatic heterocycles. The van der Waals surface area contributed by atoms with Crippen LogP contribution in [0, 0.1) is 13.8 Å². The van der Waals surface area contributed by atoms with E-state index in [0.717, 1.165) is 22.4 Å². The van der Waals surface area contributed by atoms with E-state index >= 15 is 0 Å². The third-order valence-electron chi connectivity index (χ3n) is 4.46. The molecule has 0 N–H and O–H groups in total. The fourth-order valence-corrected chi connectivity index (χ4v) is 2.72. The van der Waals surface area contributed by atoms with Crippen molar-refractivity contribution in [1.82, 2.24) is 4.90 Å². The van der Waals surface area contributed by atoms with Crippen molar-refractivity contribution in [2.75, 3.05) is 20.3 Å². The number of hydrogen-bond acceptors (Lipinski definition) is 4. The lowest BCUT2D eigenvalue weighted by atomic mass is 10.0. The number of hydrogen-bond donors (Lipinski definition) is 0. The smallest absolute Gasteiger partial charge is 0.307 e. The van der Waals surface area contributed by atoms with E-state index < -0.39 is 0 Å². The number of amides is 1. The summed E-state index contributed by atoms with van der Waals surface area (Å²) in [7, 11) is 1.61. The molecule has 1 amide bonds. The van der Waals surface area contributed by atoms with E-state index in [2.05, 4.69) is 0 Å². The molecule has 144 valence electrons. The third kappa shape index (κ3) is 5.84. The summed E-state index contributed by atoms with van der Waals surface area (Å²) in [6, 6.07) is 13.2. The maximum Gasteiger partial charge on any atom is 0.307 e. The van der Waals surface area contributed by atoms with E-state index in [1.165, 1.54) is 0 Å². The quantitative estimate of drug-likeness (QED) is 0.662. The van der Waals surface area contributed by atoms with Crippen LogP contribution in [0.1, 0.15) is 40.4 Å². The van der Waals surface area contributed by atoms with Crippen LogP contribution < -0.4 is 4.74 Å². The minimum absolute atomic E-state index is 0.0989. The molecule has 0 unspecified atom stereocenters. The number of rotatable bonds is 8. The Labute approximate surface area is 160 Å². The van der Waals surface area contributed by atoms with Gasteiger partial charge in [-0.1, -0.05) is 18.2 Å². The van der Waals surface area contributed by atoms with Crippen molar-refractivity contribution in [2.24, 2.45) is 0 Å². The molecular weight excluding hydrogens is 342 g/mol. The summed E-state index contributed by atoms with van der Waals surface area (Å²) in [4.78, 5) is 26.5. The van der Waals surface area contributed by atoms with Crippen LogP contribution in [-0.4, -0.2) is 37.0 Å². The average molecular weight is 369 g/mol. The second kappa shape index (κ2) is 9.76. The largest absolute Gasteiger partial charge is 0.497 e. The van der Waals surface area contributed by atoms with Gasteiger partial charge in [0.1, 0.15) is 5.75 Å². The number of nitrogens with zero attached hydrogens (tertiary/aromatic N) is 1. The summed E-state index contributed by atoms with van der Waals surface area (Å²) in [5.74, 6) is 0.362. The molecular formula is C22H27NO4. The van der Waals surface area contributed by atoms with Gasteiger partial charge in [-0.05, 0) is 61.7 Å². The fraction of sp³-hybridized carbons (Fsp3) is 0.364. The van der Waals surface area contributed by atoms with Crippen LogP contribution in [0.5, 0.6) is 5.75 Å². The molecule has 0 radical (unpaired) electrons. The molecule has 0 heterocycles. The van der Waals surface area contributed by atoms with Crippen LogP contribution in [0.15, 0.2) is 42.5 Å². The fourth-order valence-electron chi connectivity index (χ4n) is 2.72. The average Bonchev–Trinajstić information content (AvgIpc) is 2.67. The van der Waals surface area contributed by atoms with Gasteiger partial charge >= 0.3 is 5.97 Å². The highest BCUT2D eigenvalue weighted by Crippen LogP contribution is 2.17. The van der Waals surface area contributed by atoms with Crippen molar-refractivity contribution < 1.29 is 19.1 Å². The molecule has 0 aliphatic rings. The summed E-state index contributed by atoms with van der Waals surface area (Å²) in [6.07, 6.45) is 0.167. The number of esters is 1. The normalized spacial score (nSPS) is 10.4.